The molecular formula is C18H23NO2. The number of aryl methyl sites for hydroxylation is 1. The Bertz CT molecular complexity index is 575. The third-order valence-electron chi connectivity index (χ3n) is 4.23. The molecule has 3 nitrogen and oxygen atoms in total. The van der Waals surface area contributed by atoms with Gasteiger partial charge < -0.3 is 10.4 Å². The van der Waals surface area contributed by atoms with Crippen molar-refractivity contribution in [2.75, 3.05) is 11.9 Å². The van der Waals surface area contributed by atoms with Crippen molar-refractivity contribution in [3.63, 3.8) is 0 Å². The van der Waals surface area contributed by atoms with E-state index in [1.807, 2.05) is 25.1 Å². The molecule has 0 bridgehead atoms. The standard InChI is InChI=1S/C18H23NO2/c1-14-8-9-16(15(13-14)7-6-12-20)19-17(21)18(2)10-4-3-5-11-18/h8-9,13,20H,3-5,10-12H2,1-2H3,(H,19,21). The van der Waals surface area contributed by atoms with Gasteiger partial charge in [-0.25, -0.2) is 0 Å². The third-order valence-corrected chi connectivity index (χ3v) is 4.23. The molecule has 1 amide bonds. The molecule has 2 rings (SSSR count). The van der Waals surface area contributed by atoms with E-state index in [9.17, 15) is 4.79 Å². The maximum Gasteiger partial charge on any atom is 0.230 e. The predicted octanol–water partition coefficient (Wildman–Crippen LogP) is 3.25. The number of hydrogen-bond acceptors (Lipinski definition) is 2. The van der Waals surface area contributed by atoms with E-state index in [1.54, 1.807) is 0 Å². The average molecular weight is 285 g/mol. The van der Waals surface area contributed by atoms with Crippen molar-refractivity contribution in [1.29, 1.82) is 0 Å². The number of aliphatic hydroxyl groups is 1. The summed E-state index contributed by atoms with van der Waals surface area (Å²) >= 11 is 0. The van der Waals surface area contributed by atoms with E-state index < -0.39 is 0 Å². The fourth-order valence-corrected chi connectivity index (χ4v) is 2.84. The van der Waals surface area contributed by atoms with E-state index >= 15 is 0 Å². The number of carbonyl (C=O) groups is 1. The second-order valence-corrected chi connectivity index (χ2v) is 6.08. The van der Waals surface area contributed by atoms with Crippen molar-refractivity contribution in [3.05, 3.63) is 29.3 Å². The Labute approximate surface area is 126 Å². The zero-order valence-corrected chi connectivity index (χ0v) is 12.8. The number of anilines is 1. The number of aliphatic hydroxyl groups excluding tert-OH is 1. The first kappa shape index (κ1) is 15.6. The lowest BCUT2D eigenvalue weighted by molar-refractivity contribution is -0.126. The number of rotatable bonds is 2. The van der Waals surface area contributed by atoms with Gasteiger partial charge >= 0.3 is 0 Å². The molecule has 1 aliphatic carbocycles. The van der Waals surface area contributed by atoms with Crippen LogP contribution in [0.2, 0.25) is 0 Å². The van der Waals surface area contributed by atoms with Crippen LogP contribution in [0.5, 0.6) is 0 Å². The molecular weight excluding hydrogens is 262 g/mol. The summed E-state index contributed by atoms with van der Waals surface area (Å²) in [6.07, 6.45) is 5.36. The van der Waals surface area contributed by atoms with Crippen molar-refractivity contribution in [1.82, 2.24) is 0 Å². The van der Waals surface area contributed by atoms with Crippen LogP contribution >= 0.6 is 0 Å². The summed E-state index contributed by atoms with van der Waals surface area (Å²) < 4.78 is 0. The summed E-state index contributed by atoms with van der Waals surface area (Å²) in [5.41, 5.74) is 2.31. The lowest BCUT2D eigenvalue weighted by atomic mass is 9.75. The van der Waals surface area contributed by atoms with Crippen LogP contribution in [-0.4, -0.2) is 17.6 Å². The minimum atomic E-state index is -0.273. The second-order valence-electron chi connectivity index (χ2n) is 6.08. The topological polar surface area (TPSA) is 49.3 Å². The molecule has 0 heterocycles. The minimum absolute atomic E-state index is 0.0816. The van der Waals surface area contributed by atoms with E-state index in [1.165, 1.54) is 6.42 Å². The minimum Gasteiger partial charge on any atom is -0.384 e. The van der Waals surface area contributed by atoms with Gasteiger partial charge in [-0.15, -0.1) is 0 Å². The molecule has 1 aromatic rings. The Morgan fingerprint density at radius 1 is 1.33 bits per heavy atom. The first-order chi connectivity index (χ1) is 10.0. The summed E-state index contributed by atoms with van der Waals surface area (Å²) in [4.78, 5) is 12.6. The number of hydrogen-bond donors (Lipinski definition) is 2. The van der Waals surface area contributed by atoms with Crippen LogP contribution in [0.3, 0.4) is 0 Å². The van der Waals surface area contributed by atoms with Crippen molar-refractivity contribution < 1.29 is 9.90 Å². The molecule has 0 radical (unpaired) electrons. The van der Waals surface area contributed by atoms with Gasteiger partial charge in [0.25, 0.3) is 0 Å². The highest BCUT2D eigenvalue weighted by Crippen LogP contribution is 2.37. The molecule has 1 aromatic carbocycles. The Morgan fingerprint density at radius 3 is 2.71 bits per heavy atom. The fourth-order valence-electron chi connectivity index (χ4n) is 2.84. The fraction of sp³-hybridized carbons (Fsp3) is 0.500. The maximum atomic E-state index is 12.6. The Morgan fingerprint density at radius 2 is 2.05 bits per heavy atom. The van der Waals surface area contributed by atoms with Gasteiger partial charge in [0, 0.05) is 11.0 Å². The summed E-state index contributed by atoms with van der Waals surface area (Å²) in [6.45, 7) is 3.85. The number of carbonyl (C=O) groups excluding carboxylic acids is 1. The van der Waals surface area contributed by atoms with Crippen molar-refractivity contribution >= 4 is 11.6 Å². The summed E-state index contributed by atoms with van der Waals surface area (Å²) in [5.74, 6) is 5.64. The van der Waals surface area contributed by atoms with Crippen LogP contribution in [0.15, 0.2) is 18.2 Å². The van der Waals surface area contributed by atoms with Gasteiger partial charge in [-0.05, 0) is 37.5 Å². The summed E-state index contributed by atoms with van der Waals surface area (Å²) in [7, 11) is 0. The van der Waals surface area contributed by atoms with E-state index in [2.05, 4.69) is 24.1 Å². The molecule has 0 atom stereocenters. The Kier molecular flexibility index (Phi) is 5.03. The predicted molar refractivity (Wildman–Crippen MR) is 85.0 cm³/mol. The number of nitrogens with one attached hydrogen (secondary N) is 1. The molecule has 1 fully saturated rings. The monoisotopic (exact) mass is 285 g/mol. The number of amides is 1. The van der Waals surface area contributed by atoms with Gasteiger partial charge in [0.2, 0.25) is 5.91 Å². The van der Waals surface area contributed by atoms with Gasteiger partial charge in [-0.1, -0.05) is 44.1 Å². The van der Waals surface area contributed by atoms with Crippen LogP contribution in [0, 0.1) is 24.2 Å². The van der Waals surface area contributed by atoms with Gasteiger partial charge in [0.15, 0.2) is 0 Å². The molecule has 1 aliphatic rings. The molecule has 0 aromatic heterocycles. The van der Waals surface area contributed by atoms with E-state index in [0.29, 0.717) is 0 Å². The van der Waals surface area contributed by atoms with Crippen LogP contribution in [0.25, 0.3) is 0 Å². The molecule has 21 heavy (non-hydrogen) atoms. The normalized spacial score (nSPS) is 16.7. The van der Waals surface area contributed by atoms with Crippen molar-refractivity contribution in [3.8, 4) is 11.8 Å². The highest BCUT2D eigenvalue weighted by atomic mass is 16.2. The lowest BCUT2D eigenvalue weighted by Gasteiger charge is -2.32. The van der Waals surface area contributed by atoms with Gasteiger partial charge in [0.1, 0.15) is 6.61 Å². The van der Waals surface area contributed by atoms with Crippen LogP contribution in [0.1, 0.15) is 50.2 Å². The van der Waals surface area contributed by atoms with E-state index in [-0.39, 0.29) is 17.9 Å². The van der Waals surface area contributed by atoms with E-state index in [0.717, 1.165) is 42.5 Å². The first-order valence-electron chi connectivity index (χ1n) is 7.57. The highest BCUT2D eigenvalue weighted by Gasteiger charge is 2.34. The Balaban J connectivity index is 2.20. The van der Waals surface area contributed by atoms with Gasteiger partial charge in [-0.3, -0.25) is 4.79 Å². The van der Waals surface area contributed by atoms with Crippen LogP contribution in [-0.2, 0) is 4.79 Å². The van der Waals surface area contributed by atoms with E-state index in [4.69, 9.17) is 5.11 Å². The van der Waals surface area contributed by atoms with Gasteiger partial charge in [-0.2, -0.15) is 0 Å². The van der Waals surface area contributed by atoms with Crippen LogP contribution in [0.4, 0.5) is 5.69 Å². The van der Waals surface area contributed by atoms with Gasteiger partial charge in [0.05, 0.1) is 5.69 Å². The largest absolute Gasteiger partial charge is 0.384 e. The molecule has 112 valence electrons. The lowest BCUT2D eigenvalue weighted by Crippen LogP contribution is -2.35. The molecule has 2 N–H and O–H groups in total. The molecule has 3 heteroatoms. The zero-order valence-electron chi connectivity index (χ0n) is 12.8. The molecule has 0 saturated heterocycles. The third kappa shape index (κ3) is 3.86. The molecule has 1 saturated carbocycles. The molecule has 0 unspecified atom stereocenters. The first-order valence-corrected chi connectivity index (χ1v) is 7.57. The second kappa shape index (κ2) is 6.78. The molecule has 0 spiro atoms. The maximum absolute atomic E-state index is 12.6. The SMILES string of the molecule is Cc1ccc(NC(=O)C2(C)CCCCC2)c(C#CCO)c1. The zero-order chi connectivity index (χ0) is 15.3. The quantitative estimate of drug-likeness (QED) is 0.820. The smallest absolute Gasteiger partial charge is 0.230 e. The number of benzene rings is 1. The van der Waals surface area contributed by atoms with Crippen molar-refractivity contribution in [2.24, 2.45) is 5.41 Å². The summed E-state index contributed by atoms with van der Waals surface area (Å²) in [5, 5.41) is 11.9. The summed E-state index contributed by atoms with van der Waals surface area (Å²) in [6, 6.07) is 5.78. The highest BCUT2D eigenvalue weighted by molar-refractivity contribution is 5.96. The average Bonchev–Trinajstić information content (AvgIpc) is 2.48. The van der Waals surface area contributed by atoms with Crippen LogP contribution < -0.4 is 5.32 Å². The van der Waals surface area contributed by atoms with Crippen molar-refractivity contribution in [2.45, 2.75) is 46.0 Å². The Hall–Kier alpha value is -1.79. The molecule has 0 aliphatic heterocycles.